The molecule has 1 aliphatic heterocycles. The third-order valence-electron chi connectivity index (χ3n) is 5.27. The molecule has 1 N–H and O–H groups in total. The fraction of sp³-hybridized carbons (Fsp3) is 0.550. The molecular formula is C20H26N2O5. The van der Waals surface area contributed by atoms with E-state index in [1.807, 2.05) is 31.2 Å². The van der Waals surface area contributed by atoms with Gasteiger partial charge in [0, 0.05) is 0 Å². The molecule has 1 aromatic rings. The van der Waals surface area contributed by atoms with Crippen LogP contribution in [0.25, 0.3) is 0 Å². The Morgan fingerprint density at radius 1 is 1.26 bits per heavy atom. The van der Waals surface area contributed by atoms with Gasteiger partial charge in [-0.15, -0.1) is 0 Å². The number of carbonyl (C=O) groups is 3. The van der Waals surface area contributed by atoms with Crippen molar-refractivity contribution >= 4 is 17.9 Å². The van der Waals surface area contributed by atoms with Crippen molar-refractivity contribution in [2.45, 2.75) is 45.1 Å². The molecule has 27 heavy (non-hydrogen) atoms. The molecule has 0 radical (unpaired) electrons. The van der Waals surface area contributed by atoms with Crippen LogP contribution in [0.2, 0.25) is 0 Å². The van der Waals surface area contributed by atoms with Crippen LogP contribution in [0.1, 0.15) is 38.2 Å². The number of carbonyl (C=O) groups excluding carboxylic acids is 3. The minimum absolute atomic E-state index is 0.0546. The molecule has 3 rings (SSSR count). The molecule has 146 valence electrons. The Balaban J connectivity index is 1.45. The summed E-state index contributed by atoms with van der Waals surface area (Å²) in [6, 6.07) is 7.05. The van der Waals surface area contributed by atoms with E-state index in [1.54, 1.807) is 0 Å². The van der Waals surface area contributed by atoms with E-state index in [2.05, 4.69) is 12.2 Å². The first-order chi connectivity index (χ1) is 12.9. The maximum absolute atomic E-state index is 12.7. The van der Waals surface area contributed by atoms with Gasteiger partial charge in [-0.25, -0.2) is 4.79 Å². The largest absolute Gasteiger partial charge is 0.490 e. The topological polar surface area (TPSA) is 84.9 Å². The highest BCUT2D eigenvalue weighted by Crippen LogP contribution is 2.36. The SMILES string of the molecule is Cc1cccc(OCCOC(=O)CN2C(=O)NC3(CCC(C)CC3)C2=O)c1. The zero-order valence-electron chi connectivity index (χ0n) is 15.8. The van der Waals surface area contributed by atoms with E-state index in [0.29, 0.717) is 24.5 Å². The average molecular weight is 374 g/mol. The van der Waals surface area contributed by atoms with Crippen LogP contribution >= 0.6 is 0 Å². The highest BCUT2D eigenvalue weighted by molar-refractivity contribution is 6.08. The van der Waals surface area contributed by atoms with E-state index < -0.39 is 17.5 Å². The first kappa shape index (κ1) is 19.2. The molecule has 0 unspecified atom stereocenters. The molecule has 7 nitrogen and oxygen atoms in total. The molecular weight excluding hydrogens is 348 g/mol. The standard InChI is InChI=1S/C20H26N2O5/c1-14-6-8-20(9-7-14)18(24)22(19(25)21-20)13-17(23)27-11-10-26-16-5-3-4-15(2)12-16/h3-5,12,14H,6-11,13H2,1-2H3,(H,21,25). The number of rotatable bonds is 6. The summed E-state index contributed by atoms with van der Waals surface area (Å²) in [5.74, 6) is 0.321. The fourth-order valence-corrected chi connectivity index (χ4v) is 3.61. The number of hydrogen-bond acceptors (Lipinski definition) is 5. The van der Waals surface area contributed by atoms with Gasteiger partial charge in [0.05, 0.1) is 0 Å². The van der Waals surface area contributed by atoms with Gasteiger partial charge in [0.25, 0.3) is 5.91 Å². The van der Waals surface area contributed by atoms with Crippen molar-refractivity contribution in [3.8, 4) is 5.75 Å². The van der Waals surface area contributed by atoms with Gasteiger partial charge in [0.1, 0.15) is 31.0 Å². The summed E-state index contributed by atoms with van der Waals surface area (Å²) in [5, 5.41) is 2.79. The van der Waals surface area contributed by atoms with Crippen LogP contribution in [-0.2, 0) is 14.3 Å². The summed E-state index contributed by atoms with van der Waals surface area (Å²) < 4.78 is 10.6. The van der Waals surface area contributed by atoms with Crippen LogP contribution in [0.3, 0.4) is 0 Å². The first-order valence-corrected chi connectivity index (χ1v) is 9.39. The number of urea groups is 1. The smallest absolute Gasteiger partial charge is 0.326 e. The number of imide groups is 1. The Kier molecular flexibility index (Phi) is 5.68. The third kappa shape index (κ3) is 4.40. The molecule has 1 saturated carbocycles. The fourth-order valence-electron chi connectivity index (χ4n) is 3.61. The summed E-state index contributed by atoms with van der Waals surface area (Å²) in [7, 11) is 0. The number of esters is 1. The number of nitrogens with one attached hydrogen (secondary N) is 1. The molecule has 1 aliphatic carbocycles. The number of nitrogens with zero attached hydrogens (tertiary/aromatic N) is 1. The van der Waals surface area contributed by atoms with Crippen molar-refractivity contribution in [2.24, 2.45) is 5.92 Å². The zero-order chi connectivity index (χ0) is 19.4. The van der Waals surface area contributed by atoms with Crippen LogP contribution in [0.4, 0.5) is 4.79 Å². The van der Waals surface area contributed by atoms with E-state index in [4.69, 9.17) is 9.47 Å². The number of hydrogen-bond donors (Lipinski definition) is 1. The second-order valence-electron chi connectivity index (χ2n) is 7.47. The van der Waals surface area contributed by atoms with Crippen molar-refractivity contribution in [1.82, 2.24) is 10.2 Å². The van der Waals surface area contributed by atoms with Gasteiger partial charge in [0.2, 0.25) is 0 Å². The molecule has 0 bridgehead atoms. The van der Waals surface area contributed by atoms with Crippen LogP contribution in [-0.4, -0.2) is 48.1 Å². The lowest BCUT2D eigenvalue weighted by Gasteiger charge is -2.33. The van der Waals surface area contributed by atoms with E-state index in [0.717, 1.165) is 23.3 Å². The predicted molar refractivity (Wildman–Crippen MR) is 98.2 cm³/mol. The third-order valence-corrected chi connectivity index (χ3v) is 5.27. The highest BCUT2D eigenvalue weighted by Gasteiger charge is 2.52. The van der Waals surface area contributed by atoms with E-state index in [1.165, 1.54) is 0 Å². The Bertz CT molecular complexity index is 725. The Morgan fingerprint density at radius 2 is 2.00 bits per heavy atom. The first-order valence-electron chi connectivity index (χ1n) is 9.39. The highest BCUT2D eigenvalue weighted by atomic mass is 16.6. The molecule has 1 aromatic carbocycles. The van der Waals surface area contributed by atoms with Crippen molar-refractivity contribution in [3.63, 3.8) is 0 Å². The molecule has 0 aromatic heterocycles. The number of amides is 3. The molecule has 7 heteroatoms. The normalized spacial score (nSPS) is 24.8. The lowest BCUT2D eigenvalue weighted by Crippen LogP contribution is -2.49. The molecule has 0 atom stereocenters. The lowest BCUT2D eigenvalue weighted by molar-refractivity contribution is -0.148. The second kappa shape index (κ2) is 7.98. The van der Waals surface area contributed by atoms with Gasteiger partial charge in [0.15, 0.2) is 0 Å². The predicted octanol–water partition coefficient (Wildman–Crippen LogP) is 2.42. The number of benzene rings is 1. The lowest BCUT2D eigenvalue weighted by atomic mass is 9.77. The summed E-state index contributed by atoms with van der Waals surface area (Å²) in [5.41, 5.74) is 0.243. The van der Waals surface area contributed by atoms with Crippen molar-refractivity contribution in [3.05, 3.63) is 29.8 Å². The quantitative estimate of drug-likeness (QED) is 0.470. The minimum Gasteiger partial charge on any atom is -0.490 e. The minimum atomic E-state index is -0.835. The Labute approximate surface area is 159 Å². The van der Waals surface area contributed by atoms with Gasteiger partial charge >= 0.3 is 12.0 Å². The van der Waals surface area contributed by atoms with Gasteiger partial charge in [-0.3, -0.25) is 14.5 Å². The summed E-state index contributed by atoms with van der Waals surface area (Å²) in [4.78, 5) is 37.9. The van der Waals surface area contributed by atoms with E-state index >= 15 is 0 Å². The van der Waals surface area contributed by atoms with Gasteiger partial charge in [-0.05, 0) is 56.2 Å². The summed E-state index contributed by atoms with van der Waals surface area (Å²) >= 11 is 0. The molecule has 2 fully saturated rings. The van der Waals surface area contributed by atoms with Crippen LogP contribution in [0, 0.1) is 12.8 Å². The summed E-state index contributed by atoms with van der Waals surface area (Å²) in [6.45, 7) is 4.00. The average Bonchev–Trinajstić information content (AvgIpc) is 2.86. The van der Waals surface area contributed by atoms with Crippen LogP contribution in [0.5, 0.6) is 5.75 Å². The van der Waals surface area contributed by atoms with Gasteiger partial charge < -0.3 is 14.8 Å². The Hall–Kier alpha value is -2.57. The van der Waals surface area contributed by atoms with Gasteiger partial charge in [-0.2, -0.15) is 0 Å². The molecule has 1 heterocycles. The Morgan fingerprint density at radius 3 is 2.70 bits per heavy atom. The van der Waals surface area contributed by atoms with Crippen molar-refractivity contribution < 1.29 is 23.9 Å². The molecule has 2 aliphatic rings. The maximum Gasteiger partial charge on any atom is 0.326 e. The molecule has 3 amide bonds. The number of aryl methyl sites for hydroxylation is 1. The van der Waals surface area contributed by atoms with E-state index in [-0.39, 0.29) is 25.7 Å². The van der Waals surface area contributed by atoms with Crippen molar-refractivity contribution in [1.29, 1.82) is 0 Å². The van der Waals surface area contributed by atoms with Crippen molar-refractivity contribution in [2.75, 3.05) is 19.8 Å². The monoisotopic (exact) mass is 374 g/mol. The van der Waals surface area contributed by atoms with Gasteiger partial charge in [-0.1, -0.05) is 19.1 Å². The van der Waals surface area contributed by atoms with E-state index in [9.17, 15) is 14.4 Å². The molecule has 1 saturated heterocycles. The summed E-state index contributed by atoms with van der Waals surface area (Å²) in [6.07, 6.45) is 3.02. The zero-order valence-corrected chi connectivity index (χ0v) is 15.8. The second-order valence-corrected chi connectivity index (χ2v) is 7.47. The van der Waals surface area contributed by atoms with Crippen LogP contribution < -0.4 is 10.1 Å². The maximum atomic E-state index is 12.7. The van der Waals surface area contributed by atoms with Crippen LogP contribution in [0.15, 0.2) is 24.3 Å². The number of ether oxygens (including phenoxy) is 2. The molecule has 1 spiro atoms.